The molecule has 0 aliphatic rings. The molecule has 98 valence electrons. The molecule has 5 heteroatoms. The van der Waals surface area contributed by atoms with E-state index in [0.29, 0.717) is 16.9 Å². The largest absolute Gasteiger partial charge is 0.496 e. The van der Waals surface area contributed by atoms with Crippen molar-refractivity contribution in [2.75, 3.05) is 7.11 Å². The number of halogens is 3. The molecule has 0 N–H and O–H groups in total. The second-order valence-electron chi connectivity index (χ2n) is 3.80. The Morgan fingerprint density at radius 3 is 2.63 bits per heavy atom. The lowest BCUT2D eigenvalue weighted by atomic mass is 10.0. The van der Waals surface area contributed by atoms with Crippen LogP contribution >= 0.6 is 27.5 Å². The van der Waals surface area contributed by atoms with Gasteiger partial charge in [-0.2, -0.15) is 0 Å². The second-order valence-corrected chi connectivity index (χ2v) is 5.13. The predicted molar refractivity (Wildman–Crippen MR) is 75.5 cm³/mol. The number of methoxy groups -OCH3 is 1. The van der Waals surface area contributed by atoms with Crippen LogP contribution in [0.3, 0.4) is 0 Å². The Morgan fingerprint density at radius 1 is 1.26 bits per heavy atom. The Morgan fingerprint density at radius 2 is 2.00 bits per heavy atom. The van der Waals surface area contributed by atoms with Crippen LogP contribution < -0.4 is 4.74 Å². The molecule has 0 radical (unpaired) electrons. The molecule has 19 heavy (non-hydrogen) atoms. The van der Waals surface area contributed by atoms with Crippen LogP contribution in [-0.4, -0.2) is 12.9 Å². The van der Waals surface area contributed by atoms with Gasteiger partial charge in [0.2, 0.25) is 0 Å². The summed E-state index contributed by atoms with van der Waals surface area (Å²) in [6, 6.07) is 8.97. The smallest absolute Gasteiger partial charge is 0.196 e. The fraction of sp³-hybridized carbons (Fsp3) is 0.0714. The summed E-state index contributed by atoms with van der Waals surface area (Å²) in [6.45, 7) is 0. The van der Waals surface area contributed by atoms with Crippen LogP contribution in [0.2, 0.25) is 5.02 Å². The van der Waals surface area contributed by atoms with Gasteiger partial charge in [-0.25, -0.2) is 4.39 Å². The van der Waals surface area contributed by atoms with E-state index in [4.69, 9.17) is 16.3 Å². The average Bonchev–Trinajstić information content (AvgIpc) is 2.41. The van der Waals surface area contributed by atoms with Gasteiger partial charge in [0, 0.05) is 10.0 Å². The van der Waals surface area contributed by atoms with Crippen molar-refractivity contribution in [2.24, 2.45) is 0 Å². The van der Waals surface area contributed by atoms with Crippen LogP contribution in [0.5, 0.6) is 5.75 Å². The molecule has 2 aromatic carbocycles. The molecule has 0 aliphatic heterocycles. The van der Waals surface area contributed by atoms with Crippen molar-refractivity contribution in [3.63, 3.8) is 0 Å². The first kappa shape index (κ1) is 14.0. The van der Waals surface area contributed by atoms with Gasteiger partial charge in [0.15, 0.2) is 5.78 Å². The maximum atomic E-state index is 13.1. The van der Waals surface area contributed by atoms with Gasteiger partial charge >= 0.3 is 0 Å². The Kier molecular flexibility index (Phi) is 4.22. The third kappa shape index (κ3) is 2.96. The Hall–Kier alpha value is -1.39. The van der Waals surface area contributed by atoms with E-state index in [1.165, 1.54) is 25.3 Å². The lowest BCUT2D eigenvalue weighted by molar-refractivity contribution is 0.103. The number of rotatable bonds is 3. The lowest BCUT2D eigenvalue weighted by Gasteiger charge is -2.08. The van der Waals surface area contributed by atoms with Crippen molar-refractivity contribution >= 4 is 33.3 Å². The number of hydrogen-bond acceptors (Lipinski definition) is 2. The van der Waals surface area contributed by atoms with E-state index >= 15 is 0 Å². The Balaban J connectivity index is 2.49. The number of carbonyl (C=O) groups excluding carboxylic acids is 1. The SMILES string of the molecule is COc1ccc(Br)cc1C(=O)c1ccc(F)c(Cl)c1. The number of carbonyl (C=O) groups is 1. The molecular weight excluding hydrogens is 335 g/mol. The number of benzene rings is 2. The summed E-state index contributed by atoms with van der Waals surface area (Å²) in [6.07, 6.45) is 0. The highest BCUT2D eigenvalue weighted by Gasteiger charge is 2.16. The van der Waals surface area contributed by atoms with E-state index in [2.05, 4.69) is 15.9 Å². The minimum Gasteiger partial charge on any atom is -0.496 e. The molecule has 0 heterocycles. The van der Waals surface area contributed by atoms with Crippen LogP contribution in [-0.2, 0) is 0 Å². The molecule has 0 bridgehead atoms. The first-order valence-corrected chi connectivity index (χ1v) is 6.53. The highest BCUT2D eigenvalue weighted by molar-refractivity contribution is 9.10. The van der Waals surface area contributed by atoms with Gasteiger partial charge < -0.3 is 4.74 Å². The summed E-state index contributed by atoms with van der Waals surface area (Å²) in [5.74, 6) is -0.381. The third-order valence-electron chi connectivity index (χ3n) is 2.59. The fourth-order valence-electron chi connectivity index (χ4n) is 1.65. The summed E-state index contributed by atoms with van der Waals surface area (Å²) in [7, 11) is 1.48. The first-order valence-electron chi connectivity index (χ1n) is 5.36. The minimum absolute atomic E-state index is 0.0835. The number of ether oxygens (including phenoxy) is 1. The summed E-state index contributed by atoms with van der Waals surface area (Å²) in [5.41, 5.74) is 0.697. The molecule has 0 spiro atoms. The number of hydrogen-bond donors (Lipinski definition) is 0. The molecule has 0 unspecified atom stereocenters. The molecule has 0 fully saturated rings. The standard InChI is InChI=1S/C14H9BrClFO2/c1-19-13-5-3-9(15)7-10(13)14(18)8-2-4-12(17)11(16)6-8/h2-7H,1H3. The van der Waals surface area contributed by atoms with Crippen LogP contribution in [0, 0.1) is 5.82 Å². The molecular formula is C14H9BrClFO2. The zero-order chi connectivity index (χ0) is 14.0. The molecule has 0 aliphatic carbocycles. The zero-order valence-electron chi connectivity index (χ0n) is 9.91. The Bertz CT molecular complexity index is 643. The van der Waals surface area contributed by atoms with Gasteiger partial charge in [-0.15, -0.1) is 0 Å². The topological polar surface area (TPSA) is 26.3 Å². The van der Waals surface area contributed by atoms with Crippen LogP contribution in [0.4, 0.5) is 4.39 Å². The van der Waals surface area contributed by atoms with Crippen molar-refractivity contribution in [3.05, 3.63) is 62.8 Å². The molecule has 2 aromatic rings. The lowest BCUT2D eigenvalue weighted by Crippen LogP contribution is -2.04. The van der Waals surface area contributed by atoms with Gasteiger partial charge in [0.05, 0.1) is 17.7 Å². The van der Waals surface area contributed by atoms with Crippen LogP contribution in [0.25, 0.3) is 0 Å². The van der Waals surface area contributed by atoms with Gasteiger partial charge in [0.25, 0.3) is 0 Å². The van der Waals surface area contributed by atoms with Crippen molar-refractivity contribution in [2.45, 2.75) is 0 Å². The number of ketones is 1. The van der Waals surface area contributed by atoms with E-state index < -0.39 is 5.82 Å². The van der Waals surface area contributed by atoms with Crippen molar-refractivity contribution in [1.29, 1.82) is 0 Å². The van der Waals surface area contributed by atoms with E-state index in [9.17, 15) is 9.18 Å². The highest BCUT2D eigenvalue weighted by Crippen LogP contribution is 2.26. The quantitative estimate of drug-likeness (QED) is 0.768. The molecule has 0 saturated heterocycles. The van der Waals surface area contributed by atoms with Crippen LogP contribution in [0.15, 0.2) is 40.9 Å². The van der Waals surface area contributed by atoms with Gasteiger partial charge in [-0.05, 0) is 36.4 Å². The summed E-state index contributed by atoms with van der Waals surface area (Å²) in [5, 5.41) is -0.0835. The van der Waals surface area contributed by atoms with Crippen molar-refractivity contribution in [1.82, 2.24) is 0 Å². The average molecular weight is 344 g/mol. The second kappa shape index (κ2) is 5.72. The normalized spacial score (nSPS) is 10.3. The molecule has 2 nitrogen and oxygen atoms in total. The molecule has 0 atom stereocenters. The first-order chi connectivity index (χ1) is 9.02. The monoisotopic (exact) mass is 342 g/mol. The van der Waals surface area contributed by atoms with E-state index in [0.717, 1.165) is 4.47 Å². The maximum absolute atomic E-state index is 13.1. The van der Waals surface area contributed by atoms with E-state index in [-0.39, 0.29) is 10.8 Å². The maximum Gasteiger partial charge on any atom is 0.196 e. The van der Waals surface area contributed by atoms with Crippen LogP contribution in [0.1, 0.15) is 15.9 Å². The Labute approximate surface area is 123 Å². The molecule has 0 saturated carbocycles. The van der Waals surface area contributed by atoms with Gasteiger partial charge in [-0.3, -0.25) is 4.79 Å². The fourth-order valence-corrected chi connectivity index (χ4v) is 2.19. The summed E-state index contributed by atoms with van der Waals surface area (Å²) < 4.78 is 19.0. The highest BCUT2D eigenvalue weighted by atomic mass is 79.9. The van der Waals surface area contributed by atoms with Gasteiger partial charge in [-0.1, -0.05) is 27.5 Å². The third-order valence-corrected chi connectivity index (χ3v) is 3.37. The summed E-state index contributed by atoms with van der Waals surface area (Å²) in [4.78, 5) is 12.4. The summed E-state index contributed by atoms with van der Waals surface area (Å²) >= 11 is 8.98. The predicted octanol–water partition coefficient (Wildman–Crippen LogP) is 4.48. The molecule has 2 rings (SSSR count). The van der Waals surface area contributed by atoms with Crippen molar-refractivity contribution in [3.8, 4) is 5.75 Å². The van der Waals surface area contributed by atoms with Gasteiger partial charge in [0.1, 0.15) is 11.6 Å². The van der Waals surface area contributed by atoms with Crippen molar-refractivity contribution < 1.29 is 13.9 Å². The molecule has 0 aromatic heterocycles. The van der Waals surface area contributed by atoms with E-state index in [1.807, 2.05) is 0 Å². The minimum atomic E-state index is -0.556. The zero-order valence-corrected chi connectivity index (χ0v) is 12.3. The van der Waals surface area contributed by atoms with E-state index in [1.54, 1.807) is 18.2 Å². The molecule has 0 amide bonds.